The van der Waals surface area contributed by atoms with Crippen LogP contribution < -0.4 is 5.73 Å². The zero-order valence-electron chi connectivity index (χ0n) is 18.0. The summed E-state index contributed by atoms with van der Waals surface area (Å²) < 4.78 is 1.76. The van der Waals surface area contributed by atoms with Gasteiger partial charge in [-0.15, -0.1) is 11.3 Å². The number of aryl methyl sites for hydroxylation is 2. The van der Waals surface area contributed by atoms with Gasteiger partial charge >= 0.3 is 0 Å². The predicted octanol–water partition coefficient (Wildman–Crippen LogP) is 4.32. The molecule has 0 fully saturated rings. The van der Waals surface area contributed by atoms with Gasteiger partial charge in [0.25, 0.3) is 0 Å². The first-order chi connectivity index (χ1) is 15.1. The molecule has 160 valence electrons. The Hall–Kier alpha value is -2.84. The maximum atomic E-state index is 6.43. The smallest absolute Gasteiger partial charge is 0.146 e. The summed E-state index contributed by atoms with van der Waals surface area (Å²) in [5.74, 6) is 1.42. The lowest BCUT2D eigenvalue weighted by atomic mass is 10.1. The average Bonchev–Trinajstić information content (AvgIpc) is 3.36. The normalized spacial score (nSPS) is 15.2. The minimum Gasteiger partial charge on any atom is -0.383 e. The molecule has 31 heavy (non-hydrogen) atoms. The highest BCUT2D eigenvalue weighted by Crippen LogP contribution is 2.37. The molecule has 3 heterocycles. The van der Waals surface area contributed by atoms with E-state index < -0.39 is 0 Å². The molecule has 7 nitrogen and oxygen atoms in total. The van der Waals surface area contributed by atoms with E-state index in [4.69, 9.17) is 10.7 Å². The molecule has 0 radical (unpaired) electrons. The minimum absolute atomic E-state index is 0.213. The molecular weight excluding hydrogens is 406 g/mol. The van der Waals surface area contributed by atoms with Crippen LogP contribution in [0.4, 0.5) is 5.82 Å². The average molecular weight is 434 g/mol. The van der Waals surface area contributed by atoms with E-state index in [9.17, 15) is 0 Å². The fourth-order valence-corrected chi connectivity index (χ4v) is 5.63. The zero-order chi connectivity index (χ0) is 21.4. The first kappa shape index (κ1) is 20.1. The van der Waals surface area contributed by atoms with Gasteiger partial charge in [0.2, 0.25) is 0 Å². The molecule has 1 aliphatic rings. The summed E-state index contributed by atoms with van der Waals surface area (Å²) in [6.45, 7) is 2.84. The molecule has 1 aliphatic carbocycles. The number of nitrogen functional groups attached to an aromatic ring is 1. The number of hydrogen-bond acceptors (Lipinski definition) is 7. The second-order valence-electron chi connectivity index (χ2n) is 8.29. The summed E-state index contributed by atoms with van der Waals surface area (Å²) in [6.07, 6.45) is 9.28. The van der Waals surface area contributed by atoms with E-state index in [1.807, 2.05) is 11.3 Å². The third kappa shape index (κ3) is 3.93. The fraction of sp³-hybridized carbons (Fsp3) is 0.391. The van der Waals surface area contributed by atoms with Crippen LogP contribution in [0.3, 0.4) is 0 Å². The van der Waals surface area contributed by atoms with Crippen LogP contribution in [0.15, 0.2) is 36.9 Å². The number of nitrogens with two attached hydrogens (primary N) is 1. The lowest BCUT2D eigenvalue weighted by Gasteiger charge is -2.24. The highest BCUT2D eigenvalue weighted by Gasteiger charge is 2.20. The highest BCUT2D eigenvalue weighted by molar-refractivity contribution is 7.19. The molecule has 4 aromatic rings. The molecule has 1 atom stereocenters. The van der Waals surface area contributed by atoms with Crippen molar-refractivity contribution in [3.8, 4) is 5.69 Å². The number of nitrogens with zero attached hydrogens (tertiary/aromatic N) is 6. The SMILES string of the molecule is C[C@@H](c1ccc(-n2cncn2)cc1)N(C)Cc1nc(N)c2c3c(sc2n1)CCCCC3. The molecule has 0 unspecified atom stereocenters. The number of hydrogen-bond donors (Lipinski definition) is 1. The van der Waals surface area contributed by atoms with E-state index in [0.29, 0.717) is 12.4 Å². The van der Waals surface area contributed by atoms with Crippen LogP contribution in [0.25, 0.3) is 15.9 Å². The minimum atomic E-state index is 0.213. The van der Waals surface area contributed by atoms with Crippen molar-refractivity contribution in [3.05, 3.63) is 58.7 Å². The molecule has 0 spiro atoms. The van der Waals surface area contributed by atoms with E-state index in [2.05, 4.69) is 58.2 Å². The standard InChI is InChI=1S/C23H27N7S/c1-15(16-8-10-17(11-9-16)30-14-25-13-26-30)29(2)12-20-27-22(24)21-18-6-4-3-5-7-19(18)31-23(21)28-20/h8-11,13-15H,3-7,12H2,1-2H3,(H2,24,27,28)/t15-/m0/s1. The number of benzene rings is 1. The van der Waals surface area contributed by atoms with Crippen molar-refractivity contribution in [2.45, 2.75) is 51.6 Å². The Morgan fingerprint density at radius 2 is 1.94 bits per heavy atom. The van der Waals surface area contributed by atoms with Crippen molar-refractivity contribution >= 4 is 27.4 Å². The maximum absolute atomic E-state index is 6.43. The van der Waals surface area contributed by atoms with Gasteiger partial charge < -0.3 is 5.73 Å². The van der Waals surface area contributed by atoms with Crippen LogP contribution in [-0.4, -0.2) is 36.7 Å². The van der Waals surface area contributed by atoms with Crippen LogP contribution >= 0.6 is 11.3 Å². The van der Waals surface area contributed by atoms with Crippen molar-refractivity contribution in [2.75, 3.05) is 12.8 Å². The van der Waals surface area contributed by atoms with Crippen LogP contribution in [-0.2, 0) is 19.4 Å². The Balaban J connectivity index is 1.35. The lowest BCUT2D eigenvalue weighted by molar-refractivity contribution is 0.247. The molecule has 1 aromatic carbocycles. The summed E-state index contributed by atoms with van der Waals surface area (Å²) in [4.78, 5) is 18.4. The molecule has 2 N–H and O–H groups in total. The Morgan fingerprint density at radius 1 is 1.13 bits per heavy atom. The summed E-state index contributed by atoms with van der Waals surface area (Å²) >= 11 is 1.81. The number of aromatic nitrogens is 5. The van der Waals surface area contributed by atoms with Gasteiger partial charge in [-0.1, -0.05) is 18.6 Å². The van der Waals surface area contributed by atoms with Gasteiger partial charge in [-0.2, -0.15) is 5.10 Å². The first-order valence-electron chi connectivity index (χ1n) is 10.8. The molecule has 0 bridgehead atoms. The molecular formula is C23H27N7S. The number of fused-ring (bicyclic) bond motifs is 3. The first-order valence-corrected chi connectivity index (χ1v) is 11.6. The van der Waals surface area contributed by atoms with Gasteiger partial charge in [-0.05, 0) is 62.9 Å². The molecule has 3 aromatic heterocycles. The van der Waals surface area contributed by atoms with Crippen LogP contribution in [0.5, 0.6) is 0 Å². The van der Waals surface area contributed by atoms with E-state index in [-0.39, 0.29) is 6.04 Å². The van der Waals surface area contributed by atoms with Gasteiger partial charge in [0.1, 0.15) is 29.1 Å². The number of anilines is 1. The van der Waals surface area contributed by atoms with Gasteiger partial charge in [0.05, 0.1) is 17.6 Å². The van der Waals surface area contributed by atoms with Crippen LogP contribution in [0, 0.1) is 0 Å². The van der Waals surface area contributed by atoms with Gasteiger partial charge in [-0.25, -0.2) is 19.6 Å². The highest BCUT2D eigenvalue weighted by atomic mass is 32.1. The second-order valence-corrected chi connectivity index (χ2v) is 9.38. The molecule has 5 rings (SSSR count). The molecule has 0 saturated carbocycles. The van der Waals surface area contributed by atoms with Crippen LogP contribution in [0.2, 0.25) is 0 Å². The lowest BCUT2D eigenvalue weighted by Crippen LogP contribution is -2.23. The summed E-state index contributed by atoms with van der Waals surface area (Å²) in [6, 6.07) is 8.60. The summed E-state index contributed by atoms with van der Waals surface area (Å²) in [5.41, 5.74) is 10.0. The van der Waals surface area contributed by atoms with Crippen molar-refractivity contribution in [2.24, 2.45) is 0 Å². The summed E-state index contributed by atoms with van der Waals surface area (Å²) in [7, 11) is 2.10. The van der Waals surface area contributed by atoms with E-state index in [0.717, 1.165) is 34.6 Å². The van der Waals surface area contributed by atoms with E-state index in [1.54, 1.807) is 17.3 Å². The second kappa shape index (κ2) is 8.36. The largest absolute Gasteiger partial charge is 0.383 e. The van der Waals surface area contributed by atoms with E-state index in [1.165, 1.54) is 35.3 Å². The van der Waals surface area contributed by atoms with Crippen LogP contribution in [0.1, 0.15) is 54.1 Å². The Bertz CT molecular complexity index is 1180. The predicted molar refractivity (Wildman–Crippen MR) is 124 cm³/mol. The van der Waals surface area contributed by atoms with Gasteiger partial charge in [0, 0.05) is 10.9 Å². The maximum Gasteiger partial charge on any atom is 0.146 e. The number of thiophene rings is 1. The van der Waals surface area contributed by atoms with E-state index >= 15 is 0 Å². The Labute approximate surface area is 186 Å². The van der Waals surface area contributed by atoms with Crippen molar-refractivity contribution < 1.29 is 0 Å². The third-order valence-corrected chi connectivity index (χ3v) is 7.44. The third-order valence-electron chi connectivity index (χ3n) is 6.25. The zero-order valence-corrected chi connectivity index (χ0v) is 18.8. The summed E-state index contributed by atoms with van der Waals surface area (Å²) in [5, 5.41) is 5.28. The van der Waals surface area contributed by atoms with Crippen molar-refractivity contribution in [3.63, 3.8) is 0 Å². The number of rotatable bonds is 5. The fourth-order valence-electron chi connectivity index (χ4n) is 4.34. The van der Waals surface area contributed by atoms with Gasteiger partial charge in [0.15, 0.2) is 0 Å². The monoisotopic (exact) mass is 433 g/mol. The van der Waals surface area contributed by atoms with Crippen molar-refractivity contribution in [1.82, 2.24) is 29.6 Å². The Morgan fingerprint density at radius 3 is 2.71 bits per heavy atom. The molecule has 8 heteroatoms. The Kier molecular flexibility index (Phi) is 5.41. The van der Waals surface area contributed by atoms with Gasteiger partial charge in [-0.3, -0.25) is 4.90 Å². The molecule has 0 amide bonds. The topological polar surface area (TPSA) is 85.8 Å². The molecule has 0 saturated heterocycles. The molecule has 0 aliphatic heterocycles. The quantitative estimate of drug-likeness (QED) is 0.472. The van der Waals surface area contributed by atoms with Crippen molar-refractivity contribution in [1.29, 1.82) is 0 Å².